The maximum absolute atomic E-state index is 8.57. The van der Waals surface area contributed by atoms with Gasteiger partial charge in [0, 0.05) is 17.1 Å². The summed E-state index contributed by atoms with van der Waals surface area (Å²) in [5, 5.41) is 0. The molecule has 0 radical (unpaired) electrons. The minimum atomic E-state index is -2.42. The maximum atomic E-state index is 8.57. The van der Waals surface area contributed by atoms with Gasteiger partial charge in [0.05, 0.1) is 0 Å². The Hall–Kier alpha value is 1.50. The van der Waals surface area contributed by atoms with Crippen molar-refractivity contribution in [3.63, 3.8) is 0 Å². The molecule has 0 saturated carbocycles. The van der Waals surface area contributed by atoms with Crippen molar-refractivity contribution in [2.24, 2.45) is 0 Å². The monoisotopic (exact) mass is 243 g/mol. The Kier molecular flexibility index (Phi) is 57.3. The first kappa shape index (κ1) is 16.1. The molecule has 4 heteroatoms. The van der Waals surface area contributed by atoms with Crippen molar-refractivity contribution in [1.29, 1.82) is 0 Å². The average molecular weight is 243 g/mol. The van der Waals surface area contributed by atoms with Gasteiger partial charge in [-0.3, -0.25) is 0 Å². The van der Waals surface area contributed by atoms with Crippen molar-refractivity contribution in [3.8, 4) is 0 Å². The summed E-state index contributed by atoms with van der Waals surface area (Å²) in [5.41, 5.74) is 0. The Morgan fingerprint density at radius 3 is 1.20 bits per heavy atom. The van der Waals surface area contributed by atoms with Crippen molar-refractivity contribution in [3.05, 3.63) is 7.43 Å². The molecule has 0 fully saturated rings. The van der Waals surface area contributed by atoms with Crippen LogP contribution >= 0.6 is 0 Å². The van der Waals surface area contributed by atoms with E-state index in [0.29, 0.717) is 0 Å². The Labute approximate surface area is 63.2 Å². The molecular weight excluding hydrogens is 240 g/mol. The zero-order valence-corrected chi connectivity index (χ0v) is 6.91. The second-order valence-electron chi connectivity index (χ2n) is 0.0833. The Balaban J connectivity index is -0.0000000200. The van der Waals surface area contributed by atoms with E-state index in [1.165, 1.54) is 0 Å². The predicted molar refractivity (Wildman–Crippen MR) is 7.79 cm³/mol. The van der Waals surface area contributed by atoms with Crippen molar-refractivity contribution in [2.45, 2.75) is 0 Å². The van der Waals surface area contributed by atoms with Gasteiger partial charge in [0.1, 0.15) is 0 Å². The van der Waals surface area contributed by atoms with E-state index in [-0.39, 0.29) is 24.5 Å². The topological polar surface area (TPSA) is 34.1 Å². The molecule has 0 aromatic heterocycles. The van der Waals surface area contributed by atoms with Gasteiger partial charge in [-0.05, 0) is 0 Å². The van der Waals surface area contributed by atoms with Gasteiger partial charge in [-0.15, -0.1) is 0 Å². The third-order valence-electron chi connectivity index (χ3n) is 0. The van der Waals surface area contributed by atoms with Crippen LogP contribution in [0.1, 0.15) is 0 Å². The molecule has 0 rings (SSSR count). The first-order chi connectivity index (χ1) is 1.41. The van der Waals surface area contributed by atoms with Gasteiger partial charge >= 0.3 is 39.7 Å². The molecule has 0 atom stereocenters. The van der Waals surface area contributed by atoms with E-state index in [4.69, 9.17) is 1.88 Å². The molecule has 0 aromatic rings. The molecule has 0 unspecified atom stereocenters. The third kappa shape index (κ3) is 30.0. The minimum absolute atomic E-state index is 0. The zero-order valence-electron chi connectivity index (χ0n) is 2.67. The zero-order chi connectivity index (χ0) is 2.71. The molecule has 0 bridgehead atoms. The van der Waals surface area contributed by atoms with E-state index in [1.54, 1.807) is 0 Å². The second kappa shape index (κ2) is 17.8. The molecule has 0 heterocycles. The van der Waals surface area contributed by atoms with Crippen LogP contribution in [0, 0.1) is 45.2 Å². The van der Waals surface area contributed by atoms with E-state index >= 15 is 0 Å². The molecule has 0 aliphatic heterocycles. The second-order valence-corrected chi connectivity index (χ2v) is 0.607. The molecule has 0 saturated heterocycles. The van der Waals surface area contributed by atoms with Crippen LogP contribution in [0.4, 0.5) is 0 Å². The molecule has 0 aromatic carbocycles. The van der Waals surface area contributed by atoms with Gasteiger partial charge in [-0.25, -0.2) is 0 Å². The van der Waals surface area contributed by atoms with E-state index in [0.717, 1.165) is 0 Å². The summed E-state index contributed by atoms with van der Waals surface area (Å²) in [4.78, 5) is 0. The van der Waals surface area contributed by atoms with Crippen molar-refractivity contribution in [1.82, 2.24) is 0 Å². The number of hydrogen-bond acceptors (Lipinski definition) is 2. The SMILES string of the molecule is [CH3-].[Fe].[O]=[Ce]=[O]. The molecular formula is CH3CeFeO2-. The van der Waals surface area contributed by atoms with E-state index in [9.17, 15) is 0 Å². The van der Waals surface area contributed by atoms with Gasteiger partial charge in [0.2, 0.25) is 0 Å². The van der Waals surface area contributed by atoms with Gasteiger partial charge in [-0.1, -0.05) is 0 Å². The van der Waals surface area contributed by atoms with Gasteiger partial charge in [0.25, 0.3) is 0 Å². The average Bonchev–Trinajstić information content (AvgIpc) is 0.918. The Bertz CT molecular complexity index is 30.6. The normalized spacial score (nSPS) is 1.60. The van der Waals surface area contributed by atoms with Crippen LogP contribution in [0.3, 0.4) is 0 Å². The fraction of sp³-hybridized carbons (Fsp3) is 0. The van der Waals surface area contributed by atoms with Crippen molar-refractivity contribution >= 4 is 0 Å². The summed E-state index contributed by atoms with van der Waals surface area (Å²) in [5.74, 6) is 0. The quantitative estimate of drug-likeness (QED) is 0.450. The molecule has 0 aliphatic carbocycles. The molecule has 0 N–H and O–H groups in total. The predicted octanol–water partition coefficient (Wildman–Crippen LogP) is 0.210. The summed E-state index contributed by atoms with van der Waals surface area (Å²) in [7, 11) is 0. The first-order valence-corrected chi connectivity index (χ1v) is 2.97. The van der Waals surface area contributed by atoms with Crippen LogP contribution in [0.5, 0.6) is 0 Å². The van der Waals surface area contributed by atoms with Gasteiger partial charge < -0.3 is 7.43 Å². The summed E-state index contributed by atoms with van der Waals surface area (Å²) in [6, 6.07) is 0. The van der Waals surface area contributed by atoms with Crippen molar-refractivity contribution < 1.29 is 56.7 Å². The number of rotatable bonds is 0. The van der Waals surface area contributed by atoms with Crippen LogP contribution in [0.15, 0.2) is 0 Å². The molecule has 0 spiro atoms. The Morgan fingerprint density at radius 1 is 1.20 bits per heavy atom. The van der Waals surface area contributed by atoms with Crippen LogP contribution in [-0.4, -0.2) is 0 Å². The molecule has 32 valence electrons. The van der Waals surface area contributed by atoms with Gasteiger partial charge in [-0.2, -0.15) is 0 Å². The fourth-order valence-electron chi connectivity index (χ4n) is 0. The molecule has 0 aliphatic rings. The van der Waals surface area contributed by atoms with Crippen molar-refractivity contribution in [2.75, 3.05) is 0 Å². The van der Waals surface area contributed by atoms with E-state index in [1.807, 2.05) is 0 Å². The summed E-state index contributed by atoms with van der Waals surface area (Å²) < 4.78 is 17.1. The van der Waals surface area contributed by atoms with E-state index < -0.39 is 37.8 Å². The third-order valence-corrected chi connectivity index (χ3v) is 0. The molecule has 0 amide bonds. The molecule has 5 heavy (non-hydrogen) atoms. The summed E-state index contributed by atoms with van der Waals surface area (Å²) in [6.07, 6.45) is 0. The number of hydrogen-bond donors (Lipinski definition) is 0. The summed E-state index contributed by atoms with van der Waals surface area (Å²) in [6.45, 7) is 0. The van der Waals surface area contributed by atoms with Crippen LogP contribution < -0.4 is 0 Å². The van der Waals surface area contributed by atoms with Crippen LogP contribution in [0.2, 0.25) is 0 Å². The van der Waals surface area contributed by atoms with Crippen LogP contribution in [0.25, 0.3) is 0 Å². The van der Waals surface area contributed by atoms with E-state index in [2.05, 4.69) is 0 Å². The Morgan fingerprint density at radius 2 is 1.20 bits per heavy atom. The van der Waals surface area contributed by atoms with Crippen LogP contribution in [-0.2, 0) is 18.9 Å². The molecule has 2 nitrogen and oxygen atoms in total. The fourth-order valence-corrected chi connectivity index (χ4v) is 0. The standard InChI is InChI=1S/CH3.Ce.Fe.2O/h1H3;;;;/q-1;;;;. The summed E-state index contributed by atoms with van der Waals surface area (Å²) >= 11 is -2.42. The van der Waals surface area contributed by atoms with Gasteiger partial charge in [0.15, 0.2) is 0 Å². The first-order valence-electron chi connectivity index (χ1n) is 0.408.